The van der Waals surface area contributed by atoms with E-state index in [0.29, 0.717) is 0 Å². The summed E-state index contributed by atoms with van der Waals surface area (Å²) in [5.41, 5.74) is -0.819. The Labute approximate surface area is 127 Å². The van der Waals surface area contributed by atoms with E-state index in [1.165, 1.54) is 19.2 Å². The van der Waals surface area contributed by atoms with Crippen molar-refractivity contribution >= 4 is 24.0 Å². The monoisotopic (exact) mass is 248 g/mol. The Kier molecular flexibility index (Phi) is 6.10. The molecule has 0 unspecified atom stereocenters. The zero-order valence-electron chi connectivity index (χ0n) is 7.73. The van der Waals surface area contributed by atoms with Gasteiger partial charge in [-0.1, -0.05) is 17.1 Å². The van der Waals surface area contributed by atoms with Gasteiger partial charge in [-0.05, 0) is 18.2 Å². The SMILES string of the molecule is COc1ccc(Cl)c([B-](F)(F)F)c1.[K+]. The summed E-state index contributed by atoms with van der Waals surface area (Å²) in [5, 5.41) is -0.298. The van der Waals surface area contributed by atoms with Gasteiger partial charge in [0.05, 0.1) is 7.11 Å². The normalized spacial score (nSPS) is 10.6. The summed E-state index contributed by atoms with van der Waals surface area (Å²) >= 11 is 5.38. The first-order valence-electron chi connectivity index (χ1n) is 3.48. The molecule has 0 atom stereocenters. The van der Waals surface area contributed by atoms with Crippen molar-refractivity contribution in [3.63, 3.8) is 0 Å². The Hall–Kier alpha value is 0.801. The molecule has 0 aliphatic carbocycles. The number of ether oxygens (including phenoxy) is 1. The van der Waals surface area contributed by atoms with Crippen LogP contribution < -0.4 is 61.6 Å². The maximum atomic E-state index is 12.3. The number of methoxy groups -OCH3 is 1. The Bertz CT molecular complexity index is 318. The zero-order chi connectivity index (χ0) is 10.1. The van der Waals surface area contributed by atoms with Crippen molar-refractivity contribution in [2.75, 3.05) is 7.11 Å². The number of rotatable bonds is 2. The molecule has 0 radical (unpaired) electrons. The summed E-state index contributed by atoms with van der Waals surface area (Å²) < 4.78 is 41.5. The second-order valence-electron chi connectivity index (χ2n) is 2.46. The molecule has 0 bridgehead atoms. The quantitative estimate of drug-likeness (QED) is 0.636. The fourth-order valence-electron chi connectivity index (χ4n) is 0.900. The van der Waals surface area contributed by atoms with E-state index in [9.17, 15) is 12.9 Å². The third kappa shape index (κ3) is 3.75. The van der Waals surface area contributed by atoms with E-state index in [-0.39, 0.29) is 62.2 Å². The molecule has 1 aromatic rings. The van der Waals surface area contributed by atoms with Gasteiger partial charge < -0.3 is 17.7 Å². The van der Waals surface area contributed by atoms with Gasteiger partial charge in [-0.2, -0.15) is 0 Å². The van der Waals surface area contributed by atoms with Crippen molar-refractivity contribution < 1.29 is 69.1 Å². The van der Waals surface area contributed by atoms with Gasteiger partial charge in [0.2, 0.25) is 0 Å². The van der Waals surface area contributed by atoms with Crippen LogP contribution in [-0.4, -0.2) is 14.1 Å². The van der Waals surface area contributed by atoms with E-state index in [1.807, 2.05) is 0 Å². The van der Waals surface area contributed by atoms with E-state index >= 15 is 0 Å². The van der Waals surface area contributed by atoms with Crippen LogP contribution in [0, 0.1) is 0 Å². The molecule has 0 aliphatic heterocycles. The Morgan fingerprint density at radius 3 is 2.29 bits per heavy atom. The van der Waals surface area contributed by atoms with E-state index in [2.05, 4.69) is 4.74 Å². The molecule has 0 heterocycles. The Morgan fingerprint density at radius 2 is 1.86 bits per heavy atom. The molecule has 0 fully saturated rings. The average Bonchev–Trinajstić information content (AvgIpc) is 2.03. The van der Waals surface area contributed by atoms with Crippen molar-refractivity contribution in [2.24, 2.45) is 0 Å². The molecule has 0 N–H and O–H groups in total. The van der Waals surface area contributed by atoms with E-state index < -0.39 is 12.4 Å². The second-order valence-corrected chi connectivity index (χ2v) is 2.87. The number of halogens is 4. The van der Waals surface area contributed by atoms with Gasteiger partial charge >= 0.3 is 58.4 Å². The molecule has 72 valence electrons. The molecule has 0 aliphatic rings. The van der Waals surface area contributed by atoms with Crippen LogP contribution in [0.25, 0.3) is 0 Å². The summed E-state index contributed by atoms with van der Waals surface area (Å²) in [6.45, 7) is -5.07. The molecular formula is C7H6BClF3KO. The summed E-state index contributed by atoms with van der Waals surface area (Å²) in [6.07, 6.45) is 0. The largest absolute Gasteiger partial charge is 1.00 e. The topological polar surface area (TPSA) is 9.23 Å². The van der Waals surface area contributed by atoms with Crippen LogP contribution in [0.5, 0.6) is 5.75 Å². The molecule has 7 heteroatoms. The number of hydrogen-bond donors (Lipinski definition) is 0. The summed E-state index contributed by atoms with van der Waals surface area (Å²) in [5.74, 6) is 0.151. The molecule has 1 aromatic carbocycles. The number of hydrogen-bond acceptors (Lipinski definition) is 1. The third-order valence-corrected chi connectivity index (χ3v) is 1.90. The second kappa shape index (κ2) is 5.77. The first kappa shape index (κ1) is 14.8. The standard InChI is InChI=1S/C7H6BClF3O.K/c1-13-5-2-3-7(9)6(4-5)8(10,11)12;/h2-4H,1H3;/q-1;+1. The molecule has 0 aromatic heterocycles. The molecule has 1 rings (SSSR count). The van der Waals surface area contributed by atoms with Gasteiger partial charge in [-0.3, -0.25) is 0 Å². The Balaban J connectivity index is 0.00000169. The van der Waals surface area contributed by atoms with E-state index in [4.69, 9.17) is 11.6 Å². The van der Waals surface area contributed by atoms with Crippen molar-refractivity contribution in [1.82, 2.24) is 0 Å². The molecule has 1 nitrogen and oxygen atoms in total. The van der Waals surface area contributed by atoms with E-state index in [0.717, 1.165) is 6.07 Å². The minimum absolute atomic E-state index is 0. The van der Waals surface area contributed by atoms with Gasteiger partial charge in [-0.25, -0.2) is 0 Å². The van der Waals surface area contributed by atoms with Gasteiger partial charge in [-0.15, -0.1) is 0 Å². The van der Waals surface area contributed by atoms with Crippen molar-refractivity contribution in [1.29, 1.82) is 0 Å². The molecule has 0 spiro atoms. The minimum atomic E-state index is -5.07. The van der Waals surface area contributed by atoms with Crippen LogP contribution in [0.4, 0.5) is 12.9 Å². The maximum Gasteiger partial charge on any atom is 1.00 e. The Morgan fingerprint density at radius 1 is 1.29 bits per heavy atom. The van der Waals surface area contributed by atoms with Crippen LogP contribution in [0.1, 0.15) is 0 Å². The molecule has 14 heavy (non-hydrogen) atoms. The fraction of sp³-hybridized carbons (Fsp3) is 0.143. The van der Waals surface area contributed by atoms with Gasteiger partial charge in [0, 0.05) is 5.02 Å². The van der Waals surface area contributed by atoms with Crippen LogP contribution >= 0.6 is 11.6 Å². The summed E-state index contributed by atoms with van der Waals surface area (Å²) in [6, 6.07) is 3.45. The summed E-state index contributed by atoms with van der Waals surface area (Å²) in [4.78, 5) is 0. The van der Waals surface area contributed by atoms with Crippen molar-refractivity contribution in [3.8, 4) is 5.75 Å². The van der Waals surface area contributed by atoms with Crippen molar-refractivity contribution in [3.05, 3.63) is 23.2 Å². The van der Waals surface area contributed by atoms with Crippen molar-refractivity contribution in [2.45, 2.75) is 0 Å². The first-order valence-corrected chi connectivity index (χ1v) is 3.86. The van der Waals surface area contributed by atoms with Crippen LogP contribution in [-0.2, 0) is 0 Å². The van der Waals surface area contributed by atoms with Gasteiger partial charge in [0.15, 0.2) is 0 Å². The predicted molar refractivity (Wildman–Crippen MR) is 46.7 cm³/mol. The zero-order valence-corrected chi connectivity index (χ0v) is 11.6. The number of benzene rings is 1. The smallest absolute Gasteiger partial charge is 0.497 e. The summed E-state index contributed by atoms with van der Waals surface area (Å²) in [7, 11) is 1.30. The third-order valence-electron chi connectivity index (χ3n) is 1.56. The minimum Gasteiger partial charge on any atom is -0.497 e. The average molecular weight is 248 g/mol. The maximum absolute atomic E-state index is 12.3. The molecule has 0 saturated carbocycles. The van der Waals surface area contributed by atoms with Gasteiger partial charge in [0.1, 0.15) is 5.75 Å². The molecule has 0 saturated heterocycles. The van der Waals surface area contributed by atoms with Crippen LogP contribution in [0.3, 0.4) is 0 Å². The predicted octanol–water partition coefficient (Wildman–Crippen LogP) is -0.593. The van der Waals surface area contributed by atoms with Crippen LogP contribution in [0.2, 0.25) is 5.02 Å². The fourth-order valence-corrected chi connectivity index (χ4v) is 1.14. The molecule has 0 amide bonds. The van der Waals surface area contributed by atoms with Gasteiger partial charge in [0.25, 0.3) is 0 Å². The van der Waals surface area contributed by atoms with Crippen LogP contribution in [0.15, 0.2) is 18.2 Å². The van der Waals surface area contributed by atoms with E-state index in [1.54, 1.807) is 0 Å². The first-order chi connectivity index (χ1) is 5.95. The molecular weight excluding hydrogens is 242 g/mol.